The summed E-state index contributed by atoms with van der Waals surface area (Å²) in [5.41, 5.74) is 4.36. The summed E-state index contributed by atoms with van der Waals surface area (Å²) >= 11 is 0. The third-order valence-electron chi connectivity index (χ3n) is 2.22. The summed E-state index contributed by atoms with van der Waals surface area (Å²) in [6.07, 6.45) is 0.941. The van der Waals surface area contributed by atoms with Gasteiger partial charge in [0, 0.05) is 0 Å². The van der Waals surface area contributed by atoms with Crippen molar-refractivity contribution in [2.24, 2.45) is 0 Å². The molecule has 0 saturated heterocycles. The maximum absolute atomic E-state index is 8.90. The molecule has 0 aliphatic heterocycles. The van der Waals surface area contributed by atoms with E-state index in [9.17, 15) is 0 Å². The highest BCUT2D eigenvalue weighted by molar-refractivity contribution is 5.47. The standard InChI is InChI=1S/C11H13N/c1-4-10-8(2)5-6-9(3)11(10)7-12/h5-6H,4H2,1-3H3. The van der Waals surface area contributed by atoms with E-state index in [-0.39, 0.29) is 0 Å². The predicted octanol–water partition coefficient (Wildman–Crippen LogP) is 2.74. The first-order valence-corrected chi connectivity index (χ1v) is 4.19. The molecule has 12 heavy (non-hydrogen) atoms. The van der Waals surface area contributed by atoms with Crippen molar-refractivity contribution < 1.29 is 0 Å². The van der Waals surface area contributed by atoms with Crippen LogP contribution in [0.15, 0.2) is 12.1 Å². The third-order valence-corrected chi connectivity index (χ3v) is 2.22. The van der Waals surface area contributed by atoms with E-state index in [1.165, 1.54) is 11.1 Å². The molecule has 0 N–H and O–H groups in total. The molecule has 1 aromatic rings. The lowest BCUT2D eigenvalue weighted by molar-refractivity contribution is 1.09. The van der Waals surface area contributed by atoms with E-state index in [4.69, 9.17) is 5.26 Å². The van der Waals surface area contributed by atoms with Crippen LogP contribution in [0.1, 0.15) is 29.2 Å². The molecule has 0 atom stereocenters. The van der Waals surface area contributed by atoms with Gasteiger partial charge in [0.05, 0.1) is 11.6 Å². The Morgan fingerprint density at radius 1 is 1.25 bits per heavy atom. The van der Waals surface area contributed by atoms with Crippen molar-refractivity contribution in [2.45, 2.75) is 27.2 Å². The van der Waals surface area contributed by atoms with Gasteiger partial charge >= 0.3 is 0 Å². The van der Waals surface area contributed by atoms with Gasteiger partial charge in [0.15, 0.2) is 0 Å². The first-order chi connectivity index (χ1) is 5.70. The molecule has 1 heteroatoms. The molecule has 0 amide bonds. The fourth-order valence-electron chi connectivity index (χ4n) is 1.48. The predicted molar refractivity (Wildman–Crippen MR) is 50.0 cm³/mol. The van der Waals surface area contributed by atoms with Gasteiger partial charge in [0.2, 0.25) is 0 Å². The molecule has 0 aliphatic rings. The second-order valence-corrected chi connectivity index (χ2v) is 3.02. The highest BCUT2D eigenvalue weighted by Gasteiger charge is 2.05. The Labute approximate surface area is 73.6 Å². The van der Waals surface area contributed by atoms with Crippen LogP contribution in [-0.4, -0.2) is 0 Å². The molecule has 0 fully saturated rings. The van der Waals surface area contributed by atoms with Crippen molar-refractivity contribution in [3.8, 4) is 6.07 Å². The van der Waals surface area contributed by atoms with Gasteiger partial charge in [-0.2, -0.15) is 5.26 Å². The van der Waals surface area contributed by atoms with Crippen LogP contribution < -0.4 is 0 Å². The van der Waals surface area contributed by atoms with Gasteiger partial charge in [-0.05, 0) is 37.0 Å². The molecule has 0 bridgehead atoms. The number of rotatable bonds is 1. The zero-order valence-electron chi connectivity index (χ0n) is 7.81. The van der Waals surface area contributed by atoms with Gasteiger partial charge in [-0.25, -0.2) is 0 Å². The second kappa shape index (κ2) is 3.40. The van der Waals surface area contributed by atoms with Crippen molar-refractivity contribution in [3.63, 3.8) is 0 Å². The van der Waals surface area contributed by atoms with Crippen LogP contribution in [0, 0.1) is 25.2 Å². The molecule has 1 nitrogen and oxygen atoms in total. The van der Waals surface area contributed by atoms with E-state index in [0.29, 0.717) is 0 Å². The minimum Gasteiger partial charge on any atom is -0.192 e. The van der Waals surface area contributed by atoms with E-state index in [1.807, 2.05) is 13.0 Å². The highest BCUT2D eigenvalue weighted by Crippen LogP contribution is 2.17. The Balaban J connectivity index is 3.41. The second-order valence-electron chi connectivity index (χ2n) is 3.02. The molecule has 1 rings (SSSR count). The largest absolute Gasteiger partial charge is 0.192 e. The van der Waals surface area contributed by atoms with E-state index in [1.54, 1.807) is 0 Å². The zero-order valence-corrected chi connectivity index (χ0v) is 7.81. The van der Waals surface area contributed by atoms with Crippen LogP contribution in [0.5, 0.6) is 0 Å². The Kier molecular flexibility index (Phi) is 2.50. The number of aryl methyl sites for hydroxylation is 2. The highest BCUT2D eigenvalue weighted by atomic mass is 14.3. The summed E-state index contributed by atoms with van der Waals surface area (Å²) in [5, 5.41) is 8.90. The van der Waals surface area contributed by atoms with Gasteiger partial charge in [0.1, 0.15) is 0 Å². The average molecular weight is 159 g/mol. The maximum Gasteiger partial charge on any atom is 0.0997 e. The normalized spacial score (nSPS) is 9.50. The molecule has 0 heterocycles. The van der Waals surface area contributed by atoms with Gasteiger partial charge in [-0.15, -0.1) is 0 Å². The first-order valence-electron chi connectivity index (χ1n) is 4.19. The van der Waals surface area contributed by atoms with Gasteiger partial charge < -0.3 is 0 Å². The smallest absolute Gasteiger partial charge is 0.0997 e. The van der Waals surface area contributed by atoms with Crippen molar-refractivity contribution in [1.82, 2.24) is 0 Å². The summed E-state index contributed by atoms with van der Waals surface area (Å²) in [6.45, 7) is 6.12. The fourth-order valence-corrected chi connectivity index (χ4v) is 1.48. The molecule has 1 aromatic carbocycles. The van der Waals surface area contributed by atoms with Crippen LogP contribution in [-0.2, 0) is 6.42 Å². The molecule has 0 unspecified atom stereocenters. The SMILES string of the molecule is CCc1c(C)ccc(C)c1C#N. The maximum atomic E-state index is 8.90. The lowest BCUT2D eigenvalue weighted by Crippen LogP contribution is -1.94. The summed E-state index contributed by atoms with van der Waals surface area (Å²) in [7, 11) is 0. The minimum atomic E-state index is 0.859. The fraction of sp³-hybridized carbons (Fsp3) is 0.364. The Bertz CT molecular complexity index is 332. The Morgan fingerprint density at radius 2 is 1.83 bits per heavy atom. The van der Waals surface area contributed by atoms with Crippen molar-refractivity contribution in [1.29, 1.82) is 5.26 Å². The quantitative estimate of drug-likeness (QED) is 0.618. The molecule has 0 radical (unpaired) electrons. The lowest BCUT2D eigenvalue weighted by atomic mass is 9.96. The van der Waals surface area contributed by atoms with Gasteiger partial charge in [-0.1, -0.05) is 19.1 Å². The summed E-state index contributed by atoms with van der Waals surface area (Å²) in [4.78, 5) is 0. The number of hydrogen-bond acceptors (Lipinski definition) is 1. The van der Waals surface area contributed by atoms with Crippen molar-refractivity contribution in [2.75, 3.05) is 0 Å². The number of nitrogens with zero attached hydrogens (tertiary/aromatic N) is 1. The molecular formula is C11H13N. The van der Waals surface area contributed by atoms with Crippen LogP contribution >= 0.6 is 0 Å². The molecule has 62 valence electrons. The Morgan fingerprint density at radius 3 is 2.25 bits per heavy atom. The van der Waals surface area contributed by atoms with Gasteiger partial charge in [0.25, 0.3) is 0 Å². The first kappa shape index (κ1) is 8.80. The molecule has 0 aromatic heterocycles. The van der Waals surface area contributed by atoms with Crippen LogP contribution in [0.4, 0.5) is 0 Å². The van der Waals surface area contributed by atoms with Crippen molar-refractivity contribution in [3.05, 3.63) is 34.4 Å². The number of nitriles is 1. The van der Waals surface area contributed by atoms with Crippen LogP contribution in [0.3, 0.4) is 0 Å². The van der Waals surface area contributed by atoms with E-state index >= 15 is 0 Å². The third kappa shape index (κ3) is 1.33. The molecular weight excluding hydrogens is 146 g/mol. The van der Waals surface area contributed by atoms with E-state index < -0.39 is 0 Å². The Hall–Kier alpha value is -1.29. The van der Waals surface area contributed by atoms with E-state index in [0.717, 1.165) is 17.5 Å². The number of hydrogen-bond donors (Lipinski definition) is 0. The monoisotopic (exact) mass is 159 g/mol. The topological polar surface area (TPSA) is 23.8 Å². The van der Waals surface area contributed by atoms with Crippen LogP contribution in [0.25, 0.3) is 0 Å². The van der Waals surface area contributed by atoms with Crippen molar-refractivity contribution >= 4 is 0 Å². The average Bonchev–Trinajstić information content (AvgIpc) is 2.08. The zero-order chi connectivity index (χ0) is 9.14. The molecule has 0 spiro atoms. The molecule has 0 saturated carbocycles. The van der Waals surface area contributed by atoms with E-state index in [2.05, 4.69) is 26.0 Å². The summed E-state index contributed by atoms with van der Waals surface area (Å²) in [6, 6.07) is 6.34. The minimum absolute atomic E-state index is 0.859. The lowest BCUT2D eigenvalue weighted by Gasteiger charge is -2.07. The number of benzene rings is 1. The summed E-state index contributed by atoms with van der Waals surface area (Å²) in [5.74, 6) is 0. The molecule has 0 aliphatic carbocycles. The van der Waals surface area contributed by atoms with Gasteiger partial charge in [-0.3, -0.25) is 0 Å². The summed E-state index contributed by atoms with van der Waals surface area (Å²) < 4.78 is 0. The van der Waals surface area contributed by atoms with Crippen LogP contribution in [0.2, 0.25) is 0 Å².